The molecule has 0 aliphatic heterocycles. The predicted molar refractivity (Wildman–Crippen MR) is 74.3 cm³/mol. The third-order valence-corrected chi connectivity index (χ3v) is 4.80. The van der Waals surface area contributed by atoms with Crippen molar-refractivity contribution in [3.8, 4) is 0 Å². The minimum Gasteiger partial charge on any atom is -0.481 e. The molecule has 0 aromatic carbocycles. The Morgan fingerprint density at radius 3 is 2.74 bits per heavy atom. The lowest BCUT2D eigenvalue weighted by Gasteiger charge is -2.19. The lowest BCUT2D eigenvalue weighted by atomic mass is 9.94. The van der Waals surface area contributed by atoms with Crippen LogP contribution in [-0.2, 0) is 9.59 Å². The first-order chi connectivity index (χ1) is 8.83. The second kappa shape index (κ2) is 4.96. The van der Waals surface area contributed by atoms with Crippen LogP contribution < -0.4 is 5.32 Å². The van der Waals surface area contributed by atoms with E-state index in [2.05, 4.69) is 18.3 Å². The number of carbonyl (C=O) groups is 2. The van der Waals surface area contributed by atoms with Gasteiger partial charge in [-0.3, -0.25) is 9.59 Å². The molecule has 0 unspecified atom stereocenters. The molecule has 5 heteroatoms. The quantitative estimate of drug-likeness (QED) is 0.871. The second-order valence-electron chi connectivity index (χ2n) is 5.82. The minimum atomic E-state index is -0.918. The molecule has 4 nitrogen and oxygen atoms in total. The summed E-state index contributed by atoms with van der Waals surface area (Å²) >= 11 is 1.70. The fourth-order valence-corrected chi connectivity index (χ4v) is 3.16. The Hall–Kier alpha value is -1.36. The second-order valence-corrected chi connectivity index (χ2v) is 6.77. The molecule has 1 aliphatic carbocycles. The van der Waals surface area contributed by atoms with Gasteiger partial charge in [0.2, 0.25) is 5.91 Å². The van der Waals surface area contributed by atoms with Crippen LogP contribution in [0.15, 0.2) is 11.4 Å². The van der Waals surface area contributed by atoms with Gasteiger partial charge in [-0.05, 0) is 44.2 Å². The average Bonchev–Trinajstić information content (AvgIpc) is 3.02. The van der Waals surface area contributed by atoms with Gasteiger partial charge in [-0.2, -0.15) is 0 Å². The first-order valence-electron chi connectivity index (χ1n) is 6.38. The highest BCUT2D eigenvalue weighted by molar-refractivity contribution is 7.10. The SMILES string of the molecule is Cc1ccsc1[C@@H]1C[C@@H]1C(=O)NCC(C)(C)C(=O)O. The number of nitrogens with one attached hydrogen (secondary N) is 1. The number of rotatable bonds is 5. The fraction of sp³-hybridized carbons (Fsp3) is 0.571. The Labute approximate surface area is 116 Å². The van der Waals surface area contributed by atoms with E-state index in [-0.39, 0.29) is 18.4 Å². The van der Waals surface area contributed by atoms with Crippen LogP contribution in [0, 0.1) is 18.3 Å². The summed E-state index contributed by atoms with van der Waals surface area (Å²) in [5, 5.41) is 13.8. The topological polar surface area (TPSA) is 66.4 Å². The Morgan fingerprint density at radius 1 is 1.53 bits per heavy atom. The lowest BCUT2D eigenvalue weighted by Crippen LogP contribution is -2.39. The number of aliphatic carboxylic acids is 1. The maximum Gasteiger partial charge on any atom is 0.310 e. The van der Waals surface area contributed by atoms with E-state index in [0.29, 0.717) is 5.92 Å². The summed E-state index contributed by atoms with van der Waals surface area (Å²) in [6, 6.07) is 2.07. The Kier molecular flexibility index (Phi) is 3.67. The maximum atomic E-state index is 12.0. The maximum absolute atomic E-state index is 12.0. The van der Waals surface area contributed by atoms with Gasteiger partial charge in [0.15, 0.2) is 0 Å². The number of hydrogen-bond acceptors (Lipinski definition) is 3. The van der Waals surface area contributed by atoms with Crippen molar-refractivity contribution in [1.29, 1.82) is 0 Å². The van der Waals surface area contributed by atoms with Crippen molar-refractivity contribution >= 4 is 23.2 Å². The van der Waals surface area contributed by atoms with Crippen molar-refractivity contribution in [2.24, 2.45) is 11.3 Å². The lowest BCUT2D eigenvalue weighted by molar-refractivity contribution is -0.146. The molecule has 0 radical (unpaired) electrons. The van der Waals surface area contributed by atoms with Gasteiger partial charge in [-0.15, -0.1) is 11.3 Å². The summed E-state index contributed by atoms with van der Waals surface area (Å²) < 4.78 is 0. The highest BCUT2D eigenvalue weighted by Gasteiger charge is 2.45. The Bertz CT molecular complexity index is 507. The number of carboxylic acids is 1. The molecule has 1 aromatic rings. The zero-order valence-corrected chi connectivity index (χ0v) is 12.2. The van der Waals surface area contributed by atoms with E-state index < -0.39 is 11.4 Å². The largest absolute Gasteiger partial charge is 0.481 e. The van der Waals surface area contributed by atoms with Gasteiger partial charge in [0.05, 0.1) is 5.41 Å². The molecule has 1 aromatic heterocycles. The van der Waals surface area contributed by atoms with Gasteiger partial charge in [0.25, 0.3) is 0 Å². The Balaban J connectivity index is 1.87. The van der Waals surface area contributed by atoms with Gasteiger partial charge in [0.1, 0.15) is 0 Å². The van der Waals surface area contributed by atoms with Crippen LogP contribution in [0.5, 0.6) is 0 Å². The van der Waals surface area contributed by atoms with Gasteiger partial charge in [0, 0.05) is 23.3 Å². The van der Waals surface area contributed by atoms with Crippen molar-refractivity contribution in [3.05, 3.63) is 21.9 Å². The van der Waals surface area contributed by atoms with E-state index in [1.165, 1.54) is 10.4 Å². The first kappa shape index (κ1) is 14.1. The summed E-state index contributed by atoms with van der Waals surface area (Å²) in [7, 11) is 0. The van der Waals surface area contributed by atoms with E-state index >= 15 is 0 Å². The standard InChI is InChI=1S/C14H19NO3S/c1-8-4-5-19-11(8)9-6-10(9)12(16)15-7-14(2,3)13(17)18/h4-5,9-10H,6-7H2,1-3H3,(H,15,16)(H,17,18)/t9-,10+/m1/s1. The monoisotopic (exact) mass is 281 g/mol. The molecule has 1 aliphatic rings. The number of hydrogen-bond donors (Lipinski definition) is 2. The number of thiophene rings is 1. The molecule has 1 heterocycles. The number of aryl methyl sites for hydroxylation is 1. The van der Waals surface area contributed by atoms with Gasteiger partial charge in [-0.25, -0.2) is 0 Å². The third-order valence-electron chi connectivity index (χ3n) is 3.65. The fourth-order valence-electron chi connectivity index (χ4n) is 2.05. The van der Waals surface area contributed by atoms with Crippen LogP contribution in [0.25, 0.3) is 0 Å². The van der Waals surface area contributed by atoms with Crippen LogP contribution in [0.4, 0.5) is 0 Å². The first-order valence-corrected chi connectivity index (χ1v) is 7.26. The van der Waals surface area contributed by atoms with Crippen LogP contribution >= 0.6 is 11.3 Å². The molecule has 2 N–H and O–H groups in total. The van der Waals surface area contributed by atoms with Crippen molar-refractivity contribution in [1.82, 2.24) is 5.32 Å². The highest BCUT2D eigenvalue weighted by atomic mass is 32.1. The van der Waals surface area contributed by atoms with Crippen LogP contribution in [-0.4, -0.2) is 23.5 Å². The molecule has 0 spiro atoms. The molecule has 1 saturated carbocycles. The summed E-state index contributed by atoms with van der Waals surface area (Å²) in [6.45, 7) is 5.47. The Morgan fingerprint density at radius 2 is 2.21 bits per heavy atom. The molecule has 1 amide bonds. The number of carbonyl (C=O) groups excluding carboxylic acids is 1. The molecular formula is C14H19NO3S. The zero-order valence-electron chi connectivity index (χ0n) is 11.4. The van der Waals surface area contributed by atoms with E-state index in [4.69, 9.17) is 5.11 Å². The molecule has 2 rings (SSSR count). The molecule has 19 heavy (non-hydrogen) atoms. The average molecular weight is 281 g/mol. The third kappa shape index (κ3) is 2.97. The van der Waals surface area contributed by atoms with E-state index in [1.807, 2.05) is 5.38 Å². The summed E-state index contributed by atoms with van der Waals surface area (Å²) in [4.78, 5) is 24.2. The zero-order chi connectivity index (χ0) is 14.2. The van der Waals surface area contributed by atoms with E-state index in [9.17, 15) is 9.59 Å². The van der Waals surface area contributed by atoms with Crippen LogP contribution in [0.1, 0.15) is 36.6 Å². The number of carboxylic acid groups (broad SMARTS) is 1. The van der Waals surface area contributed by atoms with E-state index in [1.54, 1.807) is 25.2 Å². The summed E-state index contributed by atoms with van der Waals surface area (Å²) in [5.41, 5.74) is 0.329. The van der Waals surface area contributed by atoms with Gasteiger partial charge < -0.3 is 10.4 Å². The van der Waals surface area contributed by atoms with Gasteiger partial charge >= 0.3 is 5.97 Å². The molecule has 0 bridgehead atoms. The van der Waals surface area contributed by atoms with Crippen molar-refractivity contribution in [2.75, 3.05) is 6.54 Å². The van der Waals surface area contributed by atoms with Crippen molar-refractivity contribution in [2.45, 2.75) is 33.1 Å². The molecular weight excluding hydrogens is 262 g/mol. The van der Waals surface area contributed by atoms with Crippen molar-refractivity contribution in [3.63, 3.8) is 0 Å². The molecule has 1 fully saturated rings. The minimum absolute atomic E-state index is 0.0157. The van der Waals surface area contributed by atoms with E-state index in [0.717, 1.165) is 6.42 Å². The smallest absolute Gasteiger partial charge is 0.310 e. The summed E-state index contributed by atoms with van der Waals surface area (Å²) in [5.74, 6) is -0.573. The van der Waals surface area contributed by atoms with Crippen LogP contribution in [0.3, 0.4) is 0 Å². The number of amides is 1. The molecule has 104 valence electrons. The molecule has 2 atom stereocenters. The van der Waals surface area contributed by atoms with Gasteiger partial charge in [-0.1, -0.05) is 0 Å². The molecule has 0 saturated heterocycles. The van der Waals surface area contributed by atoms with Crippen LogP contribution in [0.2, 0.25) is 0 Å². The van der Waals surface area contributed by atoms with Crippen molar-refractivity contribution < 1.29 is 14.7 Å². The highest BCUT2D eigenvalue weighted by Crippen LogP contribution is 2.50. The summed E-state index contributed by atoms with van der Waals surface area (Å²) in [6.07, 6.45) is 0.876. The predicted octanol–water partition coefficient (Wildman–Crippen LogP) is 2.39. The normalized spacial score (nSPS) is 22.1.